The lowest BCUT2D eigenvalue weighted by molar-refractivity contribution is -0.116. The van der Waals surface area contributed by atoms with Gasteiger partial charge < -0.3 is 10.1 Å². The molecule has 0 aromatic heterocycles. The molecule has 2 aromatic rings. The van der Waals surface area contributed by atoms with Crippen LogP contribution in [0.15, 0.2) is 47.4 Å². The van der Waals surface area contributed by atoms with Crippen molar-refractivity contribution < 1.29 is 17.9 Å². The van der Waals surface area contributed by atoms with Gasteiger partial charge in [0.15, 0.2) is 9.84 Å². The second-order valence-electron chi connectivity index (χ2n) is 5.77. The van der Waals surface area contributed by atoms with Crippen LogP contribution in [0.2, 0.25) is 0 Å². The van der Waals surface area contributed by atoms with Gasteiger partial charge in [0.1, 0.15) is 5.75 Å². The number of anilines is 1. The number of ether oxygens (including phenoxy) is 1. The fourth-order valence-electron chi connectivity index (χ4n) is 2.27. The number of carbonyl (C=O) groups is 1. The summed E-state index contributed by atoms with van der Waals surface area (Å²) in [5.41, 5.74) is 2.77. The predicted molar refractivity (Wildman–Crippen MR) is 98.8 cm³/mol. The number of rotatable bonds is 7. The molecule has 134 valence electrons. The summed E-state index contributed by atoms with van der Waals surface area (Å²) in [6, 6.07) is 12.0. The first kappa shape index (κ1) is 19.0. The van der Waals surface area contributed by atoms with Gasteiger partial charge in [-0.05, 0) is 55.3 Å². The van der Waals surface area contributed by atoms with Crippen LogP contribution in [0.3, 0.4) is 0 Å². The quantitative estimate of drug-likeness (QED) is 0.819. The Balaban J connectivity index is 1.87. The van der Waals surface area contributed by atoms with Crippen molar-refractivity contribution in [2.75, 3.05) is 17.7 Å². The van der Waals surface area contributed by atoms with Gasteiger partial charge in [-0.1, -0.05) is 19.1 Å². The molecular weight excluding hydrogens is 338 g/mol. The van der Waals surface area contributed by atoms with Crippen molar-refractivity contribution in [1.29, 1.82) is 0 Å². The van der Waals surface area contributed by atoms with Gasteiger partial charge in [0.25, 0.3) is 0 Å². The Bertz CT molecular complexity index is 842. The Labute approximate surface area is 148 Å². The van der Waals surface area contributed by atoms with Gasteiger partial charge in [-0.15, -0.1) is 0 Å². The van der Waals surface area contributed by atoms with E-state index in [1.807, 2.05) is 32.0 Å². The third-order valence-corrected chi connectivity index (χ3v) is 5.77. The molecule has 0 aliphatic rings. The van der Waals surface area contributed by atoms with Crippen molar-refractivity contribution in [3.63, 3.8) is 0 Å². The normalized spacial score (nSPS) is 11.2. The Morgan fingerprint density at radius 3 is 2.40 bits per heavy atom. The highest BCUT2D eigenvalue weighted by Gasteiger charge is 2.11. The zero-order valence-corrected chi connectivity index (χ0v) is 15.5. The second-order valence-corrected chi connectivity index (χ2v) is 8.05. The van der Waals surface area contributed by atoms with Gasteiger partial charge in [-0.25, -0.2) is 8.42 Å². The molecule has 0 saturated heterocycles. The van der Waals surface area contributed by atoms with Gasteiger partial charge in [-0.3, -0.25) is 4.79 Å². The van der Waals surface area contributed by atoms with E-state index in [9.17, 15) is 13.2 Å². The van der Waals surface area contributed by atoms with E-state index in [0.717, 1.165) is 16.9 Å². The number of hydrogen-bond donors (Lipinski definition) is 1. The van der Waals surface area contributed by atoms with Crippen LogP contribution >= 0.6 is 0 Å². The highest BCUT2D eigenvalue weighted by molar-refractivity contribution is 7.91. The second kappa shape index (κ2) is 8.16. The first-order valence-corrected chi connectivity index (χ1v) is 9.80. The molecule has 25 heavy (non-hydrogen) atoms. The molecule has 0 radical (unpaired) electrons. The van der Waals surface area contributed by atoms with Gasteiger partial charge in [0.2, 0.25) is 5.91 Å². The minimum atomic E-state index is -3.23. The van der Waals surface area contributed by atoms with E-state index >= 15 is 0 Å². The number of nitrogens with one attached hydrogen (secondary N) is 1. The fraction of sp³-hybridized carbons (Fsp3) is 0.316. The molecule has 0 spiro atoms. The summed E-state index contributed by atoms with van der Waals surface area (Å²) in [6.45, 7) is 5.87. The van der Waals surface area contributed by atoms with Crippen LogP contribution in [0.4, 0.5) is 5.69 Å². The van der Waals surface area contributed by atoms with Gasteiger partial charge in [0.05, 0.1) is 23.7 Å². The number of aryl methyl sites for hydroxylation is 1. The average molecular weight is 361 g/mol. The molecule has 2 rings (SSSR count). The lowest BCUT2D eigenvalue weighted by atomic mass is 10.1. The molecule has 6 heteroatoms. The van der Waals surface area contributed by atoms with Crippen LogP contribution < -0.4 is 10.1 Å². The third-order valence-electron chi connectivity index (χ3n) is 4.02. The van der Waals surface area contributed by atoms with E-state index < -0.39 is 9.84 Å². The number of amides is 1. The standard InChI is InChI=1S/C19H23NO4S/c1-4-25(22,23)17-10-8-16(9-11-17)20-19(21)12-13-24-18-7-5-6-14(2)15(18)3/h5-11H,4,12-13H2,1-3H3,(H,20,21). The molecule has 1 N–H and O–H groups in total. The molecule has 0 fully saturated rings. The van der Waals surface area contributed by atoms with E-state index in [1.165, 1.54) is 12.1 Å². The Morgan fingerprint density at radius 2 is 1.76 bits per heavy atom. The minimum absolute atomic E-state index is 0.0500. The summed E-state index contributed by atoms with van der Waals surface area (Å²) >= 11 is 0. The van der Waals surface area contributed by atoms with Crippen LogP contribution in [0, 0.1) is 13.8 Å². The first-order chi connectivity index (χ1) is 11.8. The maximum absolute atomic E-state index is 12.0. The van der Waals surface area contributed by atoms with E-state index in [-0.39, 0.29) is 29.6 Å². The molecule has 0 bridgehead atoms. The van der Waals surface area contributed by atoms with Crippen molar-refractivity contribution in [2.24, 2.45) is 0 Å². The smallest absolute Gasteiger partial charge is 0.227 e. The summed E-state index contributed by atoms with van der Waals surface area (Å²) in [7, 11) is -3.23. The molecule has 1 amide bonds. The third kappa shape index (κ3) is 5.06. The molecule has 0 saturated carbocycles. The molecule has 0 atom stereocenters. The van der Waals surface area contributed by atoms with Crippen LogP contribution in [0.25, 0.3) is 0 Å². The minimum Gasteiger partial charge on any atom is -0.493 e. The van der Waals surface area contributed by atoms with Crippen molar-refractivity contribution >= 4 is 21.4 Å². The summed E-state index contributed by atoms with van der Waals surface area (Å²) in [5.74, 6) is 0.646. The zero-order valence-electron chi connectivity index (χ0n) is 14.7. The molecule has 0 aliphatic carbocycles. The Hall–Kier alpha value is -2.34. The van der Waals surface area contributed by atoms with Gasteiger partial charge in [0, 0.05) is 5.69 Å². The number of carbonyl (C=O) groups excluding carboxylic acids is 1. The van der Waals surface area contributed by atoms with E-state index in [4.69, 9.17) is 4.74 Å². The SMILES string of the molecule is CCS(=O)(=O)c1ccc(NC(=O)CCOc2cccc(C)c2C)cc1. The van der Waals surface area contributed by atoms with E-state index in [2.05, 4.69) is 5.32 Å². The lowest BCUT2D eigenvalue weighted by Gasteiger charge is -2.11. The molecule has 0 unspecified atom stereocenters. The van der Waals surface area contributed by atoms with Crippen LogP contribution in [0.1, 0.15) is 24.5 Å². The molecule has 0 aliphatic heterocycles. The number of sulfone groups is 1. The maximum Gasteiger partial charge on any atom is 0.227 e. The molecule has 0 heterocycles. The van der Waals surface area contributed by atoms with E-state index in [0.29, 0.717) is 5.69 Å². The van der Waals surface area contributed by atoms with Gasteiger partial charge >= 0.3 is 0 Å². The molecular formula is C19H23NO4S. The average Bonchev–Trinajstić information content (AvgIpc) is 2.59. The summed E-state index contributed by atoms with van der Waals surface area (Å²) < 4.78 is 29.2. The molecule has 5 nitrogen and oxygen atoms in total. The lowest BCUT2D eigenvalue weighted by Crippen LogP contribution is -2.15. The van der Waals surface area contributed by atoms with E-state index in [1.54, 1.807) is 19.1 Å². The predicted octanol–water partition coefficient (Wildman–Crippen LogP) is 3.50. The highest BCUT2D eigenvalue weighted by Crippen LogP contribution is 2.20. The van der Waals surface area contributed by atoms with Crippen molar-refractivity contribution in [3.8, 4) is 5.75 Å². The monoisotopic (exact) mass is 361 g/mol. The summed E-state index contributed by atoms with van der Waals surface area (Å²) in [6.07, 6.45) is 0.211. The fourth-order valence-corrected chi connectivity index (χ4v) is 3.15. The van der Waals surface area contributed by atoms with Crippen molar-refractivity contribution in [2.45, 2.75) is 32.1 Å². The highest BCUT2D eigenvalue weighted by atomic mass is 32.2. The summed E-state index contributed by atoms with van der Waals surface area (Å²) in [4.78, 5) is 12.2. The topological polar surface area (TPSA) is 72.5 Å². The Morgan fingerprint density at radius 1 is 1.08 bits per heavy atom. The van der Waals surface area contributed by atoms with Crippen LogP contribution in [-0.2, 0) is 14.6 Å². The summed E-state index contributed by atoms with van der Waals surface area (Å²) in [5, 5.41) is 2.74. The number of hydrogen-bond acceptors (Lipinski definition) is 4. The Kier molecular flexibility index (Phi) is 6.20. The van der Waals surface area contributed by atoms with Crippen molar-refractivity contribution in [1.82, 2.24) is 0 Å². The van der Waals surface area contributed by atoms with Crippen LogP contribution in [-0.4, -0.2) is 26.7 Å². The van der Waals surface area contributed by atoms with Gasteiger partial charge in [-0.2, -0.15) is 0 Å². The largest absolute Gasteiger partial charge is 0.493 e. The van der Waals surface area contributed by atoms with Crippen LogP contribution in [0.5, 0.6) is 5.75 Å². The maximum atomic E-state index is 12.0. The van der Waals surface area contributed by atoms with Crippen molar-refractivity contribution in [3.05, 3.63) is 53.6 Å². The number of benzene rings is 2. The molecule has 2 aromatic carbocycles. The zero-order chi connectivity index (χ0) is 18.4. The first-order valence-electron chi connectivity index (χ1n) is 8.15.